The maximum Gasteiger partial charge on any atom is 0.334 e. The number of esters is 2. The Labute approximate surface area is 208 Å². The third-order valence-electron chi connectivity index (χ3n) is 7.57. The van der Waals surface area contributed by atoms with Crippen molar-refractivity contribution in [2.24, 2.45) is 23.7 Å². The Kier molecular flexibility index (Phi) is 7.52. The molecule has 4 aliphatic rings. The van der Waals surface area contributed by atoms with Crippen molar-refractivity contribution >= 4 is 17.7 Å². The minimum atomic E-state index is -1.61. The molecule has 36 heavy (non-hydrogen) atoms. The molecule has 2 heterocycles. The molecule has 3 fully saturated rings. The van der Waals surface area contributed by atoms with E-state index in [4.69, 9.17) is 18.9 Å². The van der Waals surface area contributed by atoms with Crippen LogP contribution in [-0.2, 0) is 33.3 Å². The molecular formula is C25H32O11. The second kappa shape index (κ2) is 10.2. The van der Waals surface area contributed by atoms with Crippen LogP contribution in [0.1, 0.15) is 20.3 Å². The van der Waals surface area contributed by atoms with E-state index in [1.165, 1.54) is 13.0 Å². The molecule has 11 nitrogen and oxygen atoms in total. The molecule has 0 aromatic carbocycles. The van der Waals surface area contributed by atoms with Crippen molar-refractivity contribution in [3.8, 4) is 0 Å². The van der Waals surface area contributed by atoms with E-state index in [0.29, 0.717) is 12.0 Å². The van der Waals surface area contributed by atoms with E-state index in [0.717, 1.165) is 0 Å². The van der Waals surface area contributed by atoms with Crippen LogP contribution in [0.5, 0.6) is 0 Å². The Morgan fingerprint density at radius 3 is 2.47 bits per heavy atom. The Morgan fingerprint density at radius 2 is 1.83 bits per heavy atom. The summed E-state index contributed by atoms with van der Waals surface area (Å²) in [6.45, 7) is 10.0. The lowest BCUT2D eigenvalue weighted by Crippen LogP contribution is -2.59. The van der Waals surface area contributed by atoms with Gasteiger partial charge in [-0.25, -0.2) is 9.59 Å². The van der Waals surface area contributed by atoms with Crippen LogP contribution in [0, 0.1) is 23.7 Å². The summed E-state index contributed by atoms with van der Waals surface area (Å²) in [4.78, 5) is 37.9. The normalized spacial score (nSPS) is 42.2. The van der Waals surface area contributed by atoms with Gasteiger partial charge >= 0.3 is 11.9 Å². The first kappa shape index (κ1) is 26.6. The lowest BCUT2D eigenvalue weighted by Gasteiger charge is -2.40. The molecule has 4 rings (SSSR count). The van der Waals surface area contributed by atoms with Crippen molar-refractivity contribution in [3.63, 3.8) is 0 Å². The number of aliphatic hydroxyl groups excluding tert-OH is 4. The molecule has 0 amide bonds. The molecular weight excluding hydrogens is 476 g/mol. The van der Waals surface area contributed by atoms with Crippen molar-refractivity contribution in [1.82, 2.24) is 0 Å². The highest BCUT2D eigenvalue weighted by Gasteiger charge is 2.58. The van der Waals surface area contributed by atoms with Crippen molar-refractivity contribution in [2.75, 3.05) is 13.2 Å². The second-order valence-corrected chi connectivity index (χ2v) is 10.0. The summed E-state index contributed by atoms with van der Waals surface area (Å²) in [5.74, 6) is -3.54. The Hall–Kier alpha value is -2.41. The molecule has 2 aliphatic heterocycles. The van der Waals surface area contributed by atoms with Gasteiger partial charge < -0.3 is 39.4 Å². The van der Waals surface area contributed by atoms with E-state index in [1.807, 2.05) is 6.92 Å². The topological polar surface area (TPSA) is 169 Å². The van der Waals surface area contributed by atoms with Crippen LogP contribution >= 0.6 is 0 Å². The van der Waals surface area contributed by atoms with Crippen LogP contribution in [0.15, 0.2) is 36.0 Å². The first-order valence-electron chi connectivity index (χ1n) is 11.9. The van der Waals surface area contributed by atoms with Gasteiger partial charge in [-0.15, -0.1) is 0 Å². The summed E-state index contributed by atoms with van der Waals surface area (Å²) in [5, 5.41) is 39.7. The fraction of sp³-hybridized carbons (Fsp3) is 0.640. The summed E-state index contributed by atoms with van der Waals surface area (Å²) in [7, 11) is 0. The average Bonchev–Trinajstić information content (AvgIpc) is 3.27. The van der Waals surface area contributed by atoms with Crippen LogP contribution in [0.3, 0.4) is 0 Å². The predicted octanol–water partition coefficient (Wildman–Crippen LogP) is -0.830. The van der Waals surface area contributed by atoms with E-state index in [2.05, 4.69) is 13.2 Å². The molecule has 0 aromatic rings. The first-order chi connectivity index (χ1) is 17.0. The molecule has 2 aliphatic carbocycles. The standard InChI is InChI=1S/C25H32O11/c1-9(2)23(31)34-14-5-10(3)16-13(27)6-12(18(16)22-17(14)11(4)24(32)36-22)8-33-25-21(30)20(29)19(28)15(7-26)35-25/h6,10,14-22,25-26,28-30H,1,4-5,7-8H2,2-3H3/t10-,14+,15-,16-,17-,18+,19-,20+,21-,22-,25+/m1/s1. The summed E-state index contributed by atoms with van der Waals surface area (Å²) in [6.07, 6.45) is -7.15. The van der Waals surface area contributed by atoms with Crippen LogP contribution in [0.25, 0.3) is 0 Å². The Bertz CT molecular complexity index is 984. The zero-order valence-electron chi connectivity index (χ0n) is 20.1. The number of ether oxygens (including phenoxy) is 4. The smallest absolute Gasteiger partial charge is 0.334 e. The summed E-state index contributed by atoms with van der Waals surface area (Å²) < 4.78 is 22.4. The first-order valence-corrected chi connectivity index (χ1v) is 11.9. The molecule has 11 atom stereocenters. The van der Waals surface area contributed by atoms with Crippen LogP contribution < -0.4 is 0 Å². The molecule has 0 unspecified atom stereocenters. The highest BCUT2D eigenvalue weighted by Crippen LogP contribution is 2.50. The highest BCUT2D eigenvalue weighted by molar-refractivity contribution is 5.97. The lowest BCUT2D eigenvalue weighted by molar-refractivity contribution is -0.299. The number of carbonyl (C=O) groups excluding carboxylic acids is 3. The van der Waals surface area contributed by atoms with E-state index >= 15 is 0 Å². The third kappa shape index (κ3) is 4.55. The number of hydrogen-bond acceptors (Lipinski definition) is 11. The van der Waals surface area contributed by atoms with Gasteiger partial charge in [0.1, 0.15) is 36.6 Å². The van der Waals surface area contributed by atoms with Gasteiger partial charge in [-0.1, -0.05) is 20.1 Å². The largest absolute Gasteiger partial charge is 0.458 e. The van der Waals surface area contributed by atoms with Gasteiger partial charge in [-0.05, 0) is 30.9 Å². The molecule has 2 saturated heterocycles. The van der Waals surface area contributed by atoms with E-state index in [-0.39, 0.29) is 29.5 Å². The number of carbonyl (C=O) groups is 3. The van der Waals surface area contributed by atoms with Gasteiger partial charge in [0, 0.05) is 23.0 Å². The van der Waals surface area contributed by atoms with Gasteiger partial charge in [-0.3, -0.25) is 4.79 Å². The summed E-state index contributed by atoms with van der Waals surface area (Å²) >= 11 is 0. The number of allylic oxidation sites excluding steroid dienone is 1. The average molecular weight is 509 g/mol. The Balaban J connectivity index is 1.58. The van der Waals surface area contributed by atoms with E-state index in [1.54, 1.807) is 0 Å². The molecule has 0 radical (unpaired) electrons. The number of hydrogen-bond donors (Lipinski definition) is 4. The summed E-state index contributed by atoms with van der Waals surface area (Å²) in [6, 6.07) is 0. The Morgan fingerprint density at radius 1 is 1.14 bits per heavy atom. The van der Waals surface area contributed by atoms with Gasteiger partial charge in [0.05, 0.1) is 19.1 Å². The molecule has 4 N–H and O–H groups in total. The number of rotatable bonds is 6. The van der Waals surface area contributed by atoms with Crippen molar-refractivity contribution < 1.29 is 53.8 Å². The molecule has 0 bridgehead atoms. The maximum atomic E-state index is 13.1. The van der Waals surface area contributed by atoms with Crippen molar-refractivity contribution in [2.45, 2.75) is 63.2 Å². The molecule has 1 saturated carbocycles. The molecule has 0 spiro atoms. The predicted molar refractivity (Wildman–Crippen MR) is 121 cm³/mol. The van der Waals surface area contributed by atoms with Crippen LogP contribution in [-0.4, -0.2) is 94.3 Å². The second-order valence-electron chi connectivity index (χ2n) is 10.0. The number of aliphatic hydroxyl groups is 4. The fourth-order valence-electron chi connectivity index (χ4n) is 5.71. The lowest BCUT2D eigenvalue weighted by atomic mass is 9.78. The molecule has 11 heteroatoms. The van der Waals surface area contributed by atoms with E-state index in [9.17, 15) is 34.8 Å². The van der Waals surface area contributed by atoms with Gasteiger partial charge in [0.2, 0.25) is 0 Å². The summed E-state index contributed by atoms with van der Waals surface area (Å²) in [5.41, 5.74) is 0.836. The maximum absolute atomic E-state index is 13.1. The monoisotopic (exact) mass is 508 g/mol. The SMILES string of the molecule is C=C(C)C(=O)O[C@H]1C[C@@H](C)[C@@H]2C(=O)C=C(CO[C@H]3O[C@H](CO)[C@@H](O)[C@H](O)[C@H]3O)[C@@H]2[C@@H]2OC(=O)C(=C)[C@@H]21. The molecule has 0 aromatic heterocycles. The minimum absolute atomic E-state index is 0.154. The van der Waals surface area contributed by atoms with Crippen LogP contribution in [0.4, 0.5) is 0 Å². The van der Waals surface area contributed by atoms with Gasteiger partial charge in [-0.2, -0.15) is 0 Å². The van der Waals surface area contributed by atoms with Crippen molar-refractivity contribution in [3.05, 3.63) is 36.0 Å². The zero-order chi connectivity index (χ0) is 26.5. The minimum Gasteiger partial charge on any atom is -0.458 e. The highest BCUT2D eigenvalue weighted by atomic mass is 16.7. The van der Waals surface area contributed by atoms with Gasteiger partial charge in [0.15, 0.2) is 12.1 Å². The van der Waals surface area contributed by atoms with Gasteiger partial charge in [0.25, 0.3) is 0 Å². The zero-order valence-corrected chi connectivity index (χ0v) is 20.1. The van der Waals surface area contributed by atoms with E-state index < -0.39 is 79.2 Å². The van der Waals surface area contributed by atoms with Crippen LogP contribution in [0.2, 0.25) is 0 Å². The third-order valence-corrected chi connectivity index (χ3v) is 7.57. The number of fused-ring (bicyclic) bond motifs is 3. The quantitative estimate of drug-likeness (QED) is 0.261. The fourth-order valence-corrected chi connectivity index (χ4v) is 5.71. The number of ketones is 1. The van der Waals surface area contributed by atoms with Crippen molar-refractivity contribution in [1.29, 1.82) is 0 Å². The molecule has 198 valence electrons.